The van der Waals surface area contributed by atoms with E-state index in [9.17, 15) is 4.79 Å². The first-order chi connectivity index (χ1) is 12.0. The summed E-state index contributed by atoms with van der Waals surface area (Å²) in [6.45, 7) is 1.98. The zero-order valence-electron chi connectivity index (χ0n) is 13.1. The zero-order chi connectivity index (χ0) is 18.0. The Labute approximate surface area is 162 Å². The van der Waals surface area contributed by atoms with Gasteiger partial charge in [0.1, 0.15) is 0 Å². The van der Waals surface area contributed by atoms with Gasteiger partial charge in [0, 0.05) is 21.7 Å². The Hall–Kier alpha value is -2.10. The standard InChI is InChI=1S/C17H14ClIN4O2/c1-10-6-11(19)2-3-14(10)21-15-8-16(23-5-4-20-9-23)13(18)7-12(15)17(24)22-25/h2-9,21,25H,1H3,(H,22,24). The first kappa shape index (κ1) is 17.7. The molecule has 3 N–H and O–H groups in total. The van der Waals surface area contributed by atoms with Crippen LogP contribution in [0.15, 0.2) is 49.1 Å². The molecule has 0 saturated carbocycles. The monoisotopic (exact) mass is 468 g/mol. The number of aryl methyl sites for hydroxylation is 1. The molecule has 0 radical (unpaired) electrons. The van der Waals surface area contributed by atoms with Gasteiger partial charge < -0.3 is 9.88 Å². The minimum absolute atomic E-state index is 0.231. The number of aromatic nitrogens is 2. The number of hydrogen-bond donors (Lipinski definition) is 3. The molecule has 0 saturated heterocycles. The predicted molar refractivity (Wildman–Crippen MR) is 105 cm³/mol. The third-order valence-corrected chi connectivity index (χ3v) is 4.65. The van der Waals surface area contributed by atoms with Crippen molar-refractivity contribution in [1.82, 2.24) is 15.0 Å². The summed E-state index contributed by atoms with van der Waals surface area (Å²) in [5, 5.41) is 12.6. The van der Waals surface area contributed by atoms with Crippen LogP contribution in [0.3, 0.4) is 0 Å². The van der Waals surface area contributed by atoms with E-state index in [1.54, 1.807) is 34.8 Å². The van der Waals surface area contributed by atoms with E-state index in [0.717, 1.165) is 14.8 Å². The van der Waals surface area contributed by atoms with Crippen molar-refractivity contribution in [3.8, 4) is 5.69 Å². The molecule has 2 aromatic carbocycles. The number of halogens is 2. The van der Waals surface area contributed by atoms with Crippen LogP contribution in [-0.2, 0) is 0 Å². The Bertz CT molecular complexity index is 929. The number of carbonyl (C=O) groups excluding carboxylic acids is 1. The lowest BCUT2D eigenvalue weighted by atomic mass is 10.1. The van der Waals surface area contributed by atoms with Gasteiger partial charge in [-0.2, -0.15) is 0 Å². The number of hydrogen-bond acceptors (Lipinski definition) is 4. The van der Waals surface area contributed by atoms with Gasteiger partial charge in [-0.15, -0.1) is 0 Å². The minimum atomic E-state index is -0.648. The second kappa shape index (κ2) is 7.42. The average molecular weight is 469 g/mol. The molecular formula is C17H14ClIN4O2. The number of rotatable bonds is 4. The molecule has 0 aliphatic rings. The van der Waals surface area contributed by atoms with E-state index >= 15 is 0 Å². The van der Waals surface area contributed by atoms with Gasteiger partial charge in [-0.05, 0) is 65.4 Å². The maximum atomic E-state index is 12.0. The summed E-state index contributed by atoms with van der Waals surface area (Å²) in [6, 6.07) is 9.18. The van der Waals surface area contributed by atoms with Gasteiger partial charge in [0.15, 0.2) is 0 Å². The molecule has 1 aromatic heterocycles. The normalized spacial score (nSPS) is 10.6. The van der Waals surface area contributed by atoms with Crippen LogP contribution in [0.4, 0.5) is 11.4 Å². The third-order valence-electron chi connectivity index (χ3n) is 3.67. The zero-order valence-corrected chi connectivity index (χ0v) is 16.0. The lowest BCUT2D eigenvalue weighted by Crippen LogP contribution is -2.20. The van der Waals surface area contributed by atoms with E-state index in [0.29, 0.717) is 16.4 Å². The van der Waals surface area contributed by atoms with Crippen LogP contribution < -0.4 is 10.8 Å². The van der Waals surface area contributed by atoms with Crippen molar-refractivity contribution in [3.05, 3.63) is 68.8 Å². The number of anilines is 2. The number of carbonyl (C=O) groups is 1. The quantitative estimate of drug-likeness (QED) is 0.303. The van der Waals surface area contributed by atoms with Crippen molar-refractivity contribution < 1.29 is 10.0 Å². The van der Waals surface area contributed by atoms with Gasteiger partial charge in [-0.25, -0.2) is 10.5 Å². The van der Waals surface area contributed by atoms with Crippen molar-refractivity contribution in [1.29, 1.82) is 0 Å². The summed E-state index contributed by atoms with van der Waals surface area (Å²) in [4.78, 5) is 16.0. The molecule has 0 atom stereocenters. The van der Waals surface area contributed by atoms with Gasteiger partial charge in [0.2, 0.25) is 0 Å². The molecule has 6 nitrogen and oxygen atoms in total. The molecule has 1 amide bonds. The lowest BCUT2D eigenvalue weighted by Gasteiger charge is -2.16. The van der Waals surface area contributed by atoms with Gasteiger partial charge >= 0.3 is 0 Å². The lowest BCUT2D eigenvalue weighted by molar-refractivity contribution is 0.0707. The van der Waals surface area contributed by atoms with Crippen LogP contribution >= 0.6 is 34.2 Å². The first-order valence-corrected chi connectivity index (χ1v) is 8.74. The fraction of sp³-hybridized carbons (Fsp3) is 0.0588. The molecule has 0 aliphatic heterocycles. The molecule has 1 heterocycles. The summed E-state index contributed by atoms with van der Waals surface area (Å²) in [6.07, 6.45) is 5.01. The number of hydroxylamine groups is 1. The Morgan fingerprint density at radius 1 is 1.28 bits per heavy atom. The number of benzene rings is 2. The van der Waals surface area contributed by atoms with Crippen molar-refractivity contribution in [3.63, 3.8) is 0 Å². The average Bonchev–Trinajstić information content (AvgIpc) is 3.12. The van der Waals surface area contributed by atoms with Gasteiger partial charge in [-0.3, -0.25) is 10.0 Å². The Morgan fingerprint density at radius 3 is 2.72 bits per heavy atom. The summed E-state index contributed by atoms with van der Waals surface area (Å²) < 4.78 is 2.86. The van der Waals surface area contributed by atoms with E-state index in [-0.39, 0.29) is 5.56 Å². The second-order valence-electron chi connectivity index (χ2n) is 5.34. The largest absolute Gasteiger partial charge is 0.355 e. The van der Waals surface area contributed by atoms with Crippen molar-refractivity contribution in [2.45, 2.75) is 6.92 Å². The molecule has 8 heteroatoms. The fourth-order valence-corrected chi connectivity index (χ4v) is 3.33. The van der Waals surface area contributed by atoms with Crippen molar-refractivity contribution in [2.24, 2.45) is 0 Å². The molecule has 3 aromatic rings. The van der Waals surface area contributed by atoms with Crippen LogP contribution in [0, 0.1) is 10.5 Å². The summed E-state index contributed by atoms with van der Waals surface area (Å²) >= 11 is 8.55. The highest BCUT2D eigenvalue weighted by atomic mass is 127. The number of imidazole rings is 1. The molecule has 3 rings (SSSR count). The van der Waals surface area contributed by atoms with Crippen LogP contribution in [0.1, 0.15) is 15.9 Å². The maximum absolute atomic E-state index is 12.0. The summed E-state index contributed by atoms with van der Waals surface area (Å²) in [5.74, 6) is -0.648. The van der Waals surface area contributed by atoms with Crippen molar-refractivity contribution >= 4 is 51.5 Å². The van der Waals surface area contributed by atoms with E-state index in [4.69, 9.17) is 16.8 Å². The Morgan fingerprint density at radius 2 is 2.08 bits per heavy atom. The smallest absolute Gasteiger partial charge is 0.276 e. The number of nitrogens with zero attached hydrogens (tertiary/aromatic N) is 2. The Kier molecular flexibility index (Phi) is 5.26. The third kappa shape index (κ3) is 3.78. The fourth-order valence-electron chi connectivity index (χ4n) is 2.43. The maximum Gasteiger partial charge on any atom is 0.276 e. The molecule has 128 valence electrons. The second-order valence-corrected chi connectivity index (χ2v) is 7.00. The number of amides is 1. The number of nitrogens with one attached hydrogen (secondary N) is 2. The SMILES string of the molecule is Cc1cc(I)ccc1Nc1cc(-n2ccnc2)c(Cl)cc1C(=O)NO. The Balaban J connectivity index is 2.11. The van der Waals surface area contributed by atoms with Crippen LogP contribution in [0.5, 0.6) is 0 Å². The topological polar surface area (TPSA) is 79.2 Å². The van der Waals surface area contributed by atoms with E-state index in [1.165, 1.54) is 6.07 Å². The molecule has 0 bridgehead atoms. The molecule has 25 heavy (non-hydrogen) atoms. The van der Waals surface area contributed by atoms with Gasteiger partial charge in [0.25, 0.3) is 5.91 Å². The van der Waals surface area contributed by atoms with E-state index < -0.39 is 5.91 Å². The van der Waals surface area contributed by atoms with Gasteiger partial charge in [0.05, 0.1) is 28.3 Å². The first-order valence-electron chi connectivity index (χ1n) is 7.29. The van der Waals surface area contributed by atoms with Gasteiger partial charge in [-0.1, -0.05) is 11.6 Å². The van der Waals surface area contributed by atoms with Crippen molar-refractivity contribution in [2.75, 3.05) is 5.32 Å². The molecule has 0 fully saturated rings. The highest BCUT2D eigenvalue weighted by Gasteiger charge is 2.16. The molecule has 0 aliphatic carbocycles. The highest BCUT2D eigenvalue weighted by Crippen LogP contribution is 2.31. The van der Waals surface area contributed by atoms with E-state index in [2.05, 4.69) is 32.9 Å². The predicted octanol–water partition coefficient (Wildman–Crippen LogP) is 4.30. The van der Waals surface area contributed by atoms with Crippen LogP contribution in [-0.4, -0.2) is 20.7 Å². The molecule has 0 unspecified atom stereocenters. The summed E-state index contributed by atoms with van der Waals surface area (Å²) in [5.41, 5.74) is 4.95. The minimum Gasteiger partial charge on any atom is -0.355 e. The molecule has 0 spiro atoms. The van der Waals surface area contributed by atoms with Crippen LogP contribution in [0.2, 0.25) is 5.02 Å². The summed E-state index contributed by atoms with van der Waals surface area (Å²) in [7, 11) is 0. The highest BCUT2D eigenvalue weighted by molar-refractivity contribution is 14.1. The molecular weight excluding hydrogens is 455 g/mol. The van der Waals surface area contributed by atoms with E-state index in [1.807, 2.05) is 25.1 Å². The van der Waals surface area contributed by atoms with Crippen LogP contribution in [0.25, 0.3) is 5.69 Å².